The van der Waals surface area contributed by atoms with Crippen molar-refractivity contribution in [3.05, 3.63) is 53.6 Å². The number of carbonyl (C=O) groups is 1. The van der Waals surface area contributed by atoms with Crippen LogP contribution in [0.3, 0.4) is 0 Å². The Bertz CT molecular complexity index is 938. The van der Waals surface area contributed by atoms with Crippen LogP contribution in [0.5, 0.6) is 11.5 Å². The fourth-order valence-corrected chi connectivity index (χ4v) is 3.39. The molecule has 2 aromatic carbocycles. The van der Waals surface area contributed by atoms with Crippen molar-refractivity contribution in [1.29, 1.82) is 0 Å². The summed E-state index contributed by atoms with van der Waals surface area (Å²) in [4.78, 5) is 12.4. The number of nitrogens with zero attached hydrogens (tertiary/aromatic N) is 1. The van der Waals surface area contributed by atoms with E-state index in [0.29, 0.717) is 31.0 Å². The van der Waals surface area contributed by atoms with Gasteiger partial charge in [0.25, 0.3) is 5.91 Å². The normalized spacial score (nSPS) is 12.2. The zero-order chi connectivity index (χ0) is 22.3. The van der Waals surface area contributed by atoms with Crippen molar-refractivity contribution in [3.63, 3.8) is 0 Å². The van der Waals surface area contributed by atoms with Gasteiger partial charge in [0, 0.05) is 7.05 Å². The van der Waals surface area contributed by atoms with Gasteiger partial charge in [-0.3, -0.25) is 9.10 Å². The van der Waals surface area contributed by atoms with Crippen LogP contribution in [0.4, 0.5) is 5.69 Å². The van der Waals surface area contributed by atoms with Crippen LogP contribution in [0.1, 0.15) is 24.5 Å². The van der Waals surface area contributed by atoms with E-state index in [-0.39, 0.29) is 5.91 Å². The fraction of sp³-hybridized carbons (Fsp3) is 0.409. The number of hydrogen-bond donors (Lipinski definition) is 1. The van der Waals surface area contributed by atoms with Crippen molar-refractivity contribution in [2.45, 2.75) is 33.3 Å². The van der Waals surface area contributed by atoms with Crippen LogP contribution in [-0.4, -0.2) is 46.9 Å². The lowest BCUT2D eigenvalue weighted by Gasteiger charge is -2.19. The Labute approximate surface area is 179 Å². The highest BCUT2D eigenvalue weighted by Gasteiger charge is 2.18. The highest BCUT2D eigenvalue weighted by atomic mass is 32.2. The van der Waals surface area contributed by atoms with Gasteiger partial charge in [0.05, 0.1) is 18.5 Å². The first-order chi connectivity index (χ1) is 14.1. The second-order valence-corrected chi connectivity index (χ2v) is 9.22. The quantitative estimate of drug-likeness (QED) is 0.581. The van der Waals surface area contributed by atoms with E-state index in [1.165, 1.54) is 11.4 Å². The van der Waals surface area contributed by atoms with Gasteiger partial charge < -0.3 is 14.8 Å². The van der Waals surface area contributed by atoms with Crippen LogP contribution >= 0.6 is 0 Å². The van der Waals surface area contributed by atoms with E-state index in [1.807, 2.05) is 32.9 Å². The summed E-state index contributed by atoms with van der Waals surface area (Å²) in [5, 5.41) is 2.83. The molecule has 0 saturated heterocycles. The first kappa shape index (κ1) is 23.5. The highest BCUT2D eigenvalue weighted by Crippen LogP contribution is 2.21. The Balaban J connectivity index is 1.85. The lowest BCUT2D eigenvalue weighted by atomic mass is 10.1. The van der Waals surface area contributed by atoms with Gasteiger partial charge >= 0.3 is 0 Å². The molecule has 2 rings (SSSR count). The maximum atomic E-state index is 12.4. The van der Waals surface area contributed by atoms with E-state index in [2.05, 4.69) is 11.4 Å². The molecule has 2 aromatic rings. The summed E-state index contributed by atoms with van der Waals surface area (Å²) in [6.45, 7) is 6.61. The molecule has 8 heteroatoms. The molecule has 1 unspecified atom stereocenters. The van der Waals surface area contributed by atoms with Crippen molar-refractivity contribution in [2.24, 2.45) is 0 Å². The van der Waals surface area contributed by atoms with E-state index >= 15 is 0 Å². The predicted octanol–water partition coefficient (Wildman–Crippen LogP) is 3.05. The molecule has 0 fully saturated rings. The SMILES string of the molecule is CCC(Oc1ccc(N(C)S(C)(=O)=O)cc1)C(=O)NCCOc1cc(C)cc(C)c1. The van der Waals surface area contributed by atoms with Gasteiger partial charge in [-0.05, 0) is 67.8 Å². The Morgan fingerprint density at radius 1 is 1.07 bits per heavy atom. The molecule has 0 radical (unpaired) electrons. The van der Waals surface area contributed by atoms with Crippen LogP contribution < -0.4 is 19.1 Å². The third-order valence-electron chi connectivity index (χ3n) is 4.50. The first-order valence-corrected chi connectivity index (χ1v) is 11.6. The molecule has 0 saturated carbocycles. The molecule has 30 heavy (non-hydrogen) atoms. The number of benzene rings is 2. The maximum Gasteiger partial charge on any atom is 0.261 e. The maximum absolute atomic E-state index is 12.4. The van der Waals surface area contributed by atoms with Crippen molar-refractivity contribution in [1.82, 2.24) is 5.32 Å². The molecule has 0 heterocycles. The number of hydrogen-bond acceptors (Lipinski definition) is 5. The molecule has 164 valence electrons. The minimum absolute atomic E-state index is 0.223. The van der Waals surface area contributed by atoms with Gasteiger partial charge in [-0.25, -0.2) is 8.42 Å². The van der Waals surface area contributed by atoms with Crippen molar-refractivity contribution in [3.8, 4) is 11.5 Å². The summed E-state index contributed by atoms with van der Waals surface area (Å²) in [5.74, 6) is 1.05. The van der Waals surface area contributed by atoms with E-state index in [0.717, 1.165) is 23.1 Å². The van der Waals surface area contributed by atoms with Crippen LogP contribution in [0.15, 0.2) is 42.5 Å². The number of anilines is 1. The number of rotatable bonds is 10. The number of ether oxygens (including phenoxy) is 2. The van der Waals surface area contributed by atoms with Gasteiger partial charge in [0.1, 0.15) is 18.1 Å². The van der Waals surface area contributed by atoms with Crippen molar-refractivity contribution in [2.75, 3.05) is 30.8 Å². The van der Waals surface area contributed by atoms with Gasteiger partial charge in [-0.2, -0.15) is 0 Å². The van der Waals surface area contributed by atoms with E-state index in [1.54, 1.807) is 24.3 Å². The van der Waals surface area contributed by atoms with Crippen LogP contribution in [0, 0.1) is 13.8 Å². The van der Waals surface area contributed by atoms with E-state index < -0.39 is 16.1 Å². The highest BCUT2D eigenvalue weighted by molar-refractivity contribution is 7.92. The molecule has 7 nitrogen and oxygen atoms in total. The summed E-state index contributed by atoms with van der Waals surface area (Å²) in [5.41, 5.74) is 2.77. The topological polar surface area (TPSA) is 84.9 Å². The molecule has 0 bridgehead atoms. The summed E-state index contributed by atoms with van der Waals surface area (Å²) in [7, 11) is -1.85. The van der Waals surface area contributed by atoms with E-state index in [4.69, 9.17) is 9.47 Å². The molecule has 1 amide bonds. The summed E-state index contributed by atoms with van der Waals surface area (Å²) < 4.78 is 35.9. The average molecular weight is 435 g/mol. The molecule has 0 aromatic heterocycles. The van der Waals surface area contributed by atoms with Crippen LogP contribution in [0.2, 0.25) is 0 Å². The van der Waals surface area contributed by atoms with Gasteiger partial charge in [0.15, 0.2) is 6.10 Å². The second kappa shape index (κ2) is 10.3. The second-order valence-electron chi connectivity index (χ2n) is 7.20. The zero-order valence-corrected chi connectivity index (χ0v) is 19.0. The van der Waals surface area contributed by atoms with Crippen LogP contribution in [0.25, 0.3) is 0 Å². The number of sulfonamides is 1. The number of carbonyl (C=O) groups excluding carboxylic acids is 1. The smallest absolute Gasteiger partial charge is 0.261 e. The average Bonchev–Trinajstić information content (AvgIpc) is 2.67. The monoisotopic (exact) mass is 434 g/mol. The lowest BCUT2D eigenvalue weighted by Crippen LogP contribution is -2.39. The Morgan fingerprint density at radius 2 is 1.67 bits per heavy atom. The predicted molar refractivity (Wildman–Crippen MR) is 119 cm³/mol. The summed E-state index contributed by atoms with van der Waals surface area (Å²) in [6, 6.07) is 12.6. The Morgan fingerprint density at radius 3 is 2.20 bits per heavy atom. The van der Waals surface area contributed by atoms with Gasteiger partial charge in [-0.1, -0.05) is 13.0 Å². The number of amides is 1. The standard InChI is InChI=1S/C22H30N2O5S/c1-6-21(29-19-9-7-18(8-10-19)24(4)30(5,26)27)22(25)23-11-12-28-20-14-16(2)13-17(3)15-20/h7-10,13-15,21H,6,11-12H2,1-5H3,(H,23,25). The third kappa shape index (κ3) is 6.95. The van der Waals surface area contributed by atoms with Crippen molar-refractivity contribution < 1.29 is 22.7 Å². The first-order valence-electron chi connectivity index (χ1n) is 9.79. The fourth-order valence-electron chi connectivity index (χ4n) is 2.89. The van der Waals surface area contributed by atoms with Crippen LogP contribution in [-0.2, 0) is 14.8 Å². The molecule has 0 aliphatic rings. The summed E-state index contributed by atoms with van der Waals surface area (Å²) >= 11 is 0. The third-order valence-corrected chi connectivity index (χ3v) is 5.71. The van der Waals surface area contributed by atoms with Gasteiger partial charge in [-0.15, -0.1) is 0 Å². The largest absolute Gasteiger partial charge is 0.492 e. The number of nitrogens with one attached hydrogen (secondary N) is 1. The lowest BCUT2D eigenvalue weighted by molar-refractivity contribution is -0.128. The molecule has 0 aliphatic heterocycles. The molecule has 0 aliphatic carbocycles. The number of aryl methyl sites for hydroxylation is 2. The molecule has 1 atom stereocenters. The van der Waals surface area contributed by atoms with E-state index in [9.17, 15) is 13.2 Å². The Hall–Kier alpha value is -2.74. The molecular weight excluding hydrogens is 404 g/mol. The molecular formula is C22H30N2O5S. The molecule has 1 N–H and O–H groups in total. The minimum atomic E-state index is -3.33. The zero-order valence-electron chi connectivity index (χ0n) is 18.1. The Kier molecular flexibility index (Phi) is 8.11. The van der Waals surface area contributed by atoms with Gasteiger partial charge in [0.2, 0.25) is 10.0 Å². The minimum Gasteiger partial charge on any atom is -0.492 e. The molecule has 0 spiro atoms. The summed E-state index contributed by atoms with van der Waals surface area (Å²) in [6.07, 6.45) is 0.984. The van der Waals surface area contributed by atoms with Crippen molar-refractivity contribution >= 4 is 21.6 Å².